The Balaban J connectivity index is 2.31. The third kappa shape index (κ3) is 1.77. The highest BCUT2D eigenvalue weighted by atomic mass is 16.2. The van der Waals surface area contributed by atoms with Gasteiger partial charge in [0.2, 0.25) is 0 Å². The Morgan fingerprint density at radius 2 is 2.00 bits per heavy atom. The molecule has 3 heteroatoms. The summed E-state index contributed by atoms with van der Waals surface area (Å²) in [7, 11) is 0. The van der Waals surface area contributed by atoms with Crippen molar-refractivity contribution in [2.45, 2.75) is 6.92 Å². The molecule has 1 fully saturated rings. The monoisotopic (exact) mass is 128 g/mol. The average Bonchev–Trinajstić information content (AvgIpc) is 1.90. The summed E-state index contributed by atoms with van der Waals surface area (Å²) in [4.78, 5) is 12.6. The van der Waals surface area contributed by atoms with E-state index in [1.807, 2.05) is 4.90 Å². The summed E-state index contributed by atoms with van der Waals surface area (Å²) in [6.45, 7) is 5.25. The van der Waals surface area contributed by atoms with E-state index in [2.05, 4.69) is 5.32 Å². The SMILES string of the molecule is CC(=O)[N+]1CCNCC1. The summed E-state index contributed by atoms with van der Waals surface area (Å²) in [5.74, 6) is 0.191. The number of carbonyl (C=O) groups is 1. The molecule has 0 aromatic rings. The molecule has 1 radical (unpaired) electrons. The molecular formula is C6H12N2O+. The van der Waals surface area contributed by atoms with Crippen LogP contribution in [0.15, 0.2) is 0 Å². The predicted molar refractivity (Wildman–Crippen MR) is 35.4 cm³/mol. The lowest BCUT2D eigenvalue weighted by atomic mass is 10.4. The second-order valence-corrected chi connectivity index (χ2v) is 2.26. The normalized spacial score (nSPS) is 21.9. The summed E-state index contributed by atoms with van der Waals surface area (Å²) in [5, 5.41) is 3.18. The van der Waals surface area contributed by atoms with Crippen molar-refractivity contribution in [1.29, 1.82) is 0 Å². The molecule has 0 saturated carbocycles. The number of nitrogens with one attached hydrogen (secondary N) is 1. The standard InChI is InChI=1S/C6H12N2O/c1-6(9)8-4-2-7-3-5-8/h7H,2-5H2,1H3/q+1. The lowest BCUT2D eigenvalue weighted by molar-refractivity contribution is -0.123. The zero-order chi connectivity index (χ0) is 6.69. The molecule has 1 N–H and O–H groups in total. The maximum Gasteiger partial charge on any atom is 0.357 e. The number of rotatable bonds is 0. The molecule has 51 valence electrons. The van der Waals surface area contributed by atoms with Crippen LogP contribution < -0.4 is 10.2 Å². The molecule has 1 amide bonds. The minimum absolute atomic E-state index is 0.191. The van der Waals surface area contributed by atoms with Crippen molar-refractivity contribution in [3.05, 3.63) is 0 Å². The van der Waals surface area contributed by atoms with Gasteiger partial charge in [0.15, 0.2) is 0 Å². The first-order valence-electron chi connectivity index (χ1n) is 3.27. The van der Waals surface area contributed by atoms with Gasteiger partial charge in [0, 0.05) is 0 Å². The van der Waals surface area contributed by atoms with E-state index in [9.17, 15) is 4.79 Å². The molecule has 0 atom stereocenters. The molecular weight excluding hydrogens is 116 g/mol. The second-order valence-electron chi connectivity index (χ2n) is 2.26. The fourth-order valence-electron chi connectivity index (χ4n) is 0.980. The highest BCUT2D eigenvalue weighted by Gasteiger charge is 2.22. The van der Waals surface area contributed by atoms with Crippen LogP contribution in [0.4, 0.5) is 0 Å². The Morgan fingerprint density at radius 3 is 2.33 bits per heavy atom. The maximum absolute atomic E-state index is 10.7. The summed E-state index contributed by atoms with van der Waals surface area (Å²) in [6, 6.07) is 0. The maximum atomic E-state index is 10.7. The first-order chi connectivity index (χ1) is 4.30. The van der Waals surface area contributed by atoms with Crippen LogP contribution in [-0.4, -0.2) is 32.1 Å². The molecule has 0 aromatic carbocycles. The summed E-state index contributed by atoms with van der Waals surface area (Å²) in [5.41, 5.74) is 0. The predicted octanol–water partition coefficient (Wildman–Crippen LogP) is -0.724. The average molecular weight is 128 g/mol. The van der Waals surface area contributed by atoms with Crippen LogP contribution in [0.1, 0.15) is 6.92 Å². The zero-order valence-corrected chi connectivity index (χ0v) is 5.68. The van der Waals surface area contributed by atoms with Gasteiger partial charge in [0.05, 0.1) is 20.0 Å². The van der Waals surface area contributed by atoms with Crippen LogP contribution in [0.25, 0.3) is 0 Å². The molecule has 1 rings (SSSR count). The highest BCUT2D eigenvalue weighted by molar-refractivity contribution is 5.75. The van der Waals surface area contributed by atoms with Crippen molar-refractivity contribution in [2.24, 2.45) is 0 Å². The number of carbonyl (C=O) groups excluding carboxylic acids is 1. The Labute approximate surface area is 55.0 Å². The van der Waals surface area contributed by atoms with Gasteiger partial charge in [-0.3, -0.25) is 0 Å². The van der Waals surface area contributed by atoms with Crippen molar-refractivity contribution >= 4 is 5.91 Å². The molecule has 0 aliphatic carbocycles. The molecule has 0 unspecified atom stereocenters. The number of amides is 1. The van der Waals surface area contributed by atoms with E-state index < -0.39 is 0 Å². The second kappa shape index (κ2) is 2.94. The van der Waals surface area contributed by atoms with Gasteiger partial charge in [-0.05, 0) is 0 Å². The molecule has 3 nitrogen and oxygen atoms in total. The molecule has 1 heterocycles. The molecule has 0 aromatic heterocycles. The largest absolute Gasteiger partial charge is 0.357 e. The van der Waals surface area contributed by atoms with Crippen molar-refractivity contribution in [2.75, 3.05) is 26.2 Å². The first kappa shape index (κ1) is 6.71. The molecule has 9 heavy (non-hydrogen) atoms. The van der Waals surface area contributed by atoms with Gasteiger partial charge >= 0.3 is 5.91 Å². The van der Waals surface area contributed by atoms with E-state index in [1.54, 1.807) is 6.92 Å². The molecule has 1 aliphatic heterocycles. The van der Waals surface area contributed by atoms with Crippen LogP contribution in [0, 0.1) is 0 Å². The van der Waals surface area contributed by atoms with E-state index in [0.29, 0.717) is 0 Å². The lowest BCUT2D eigenvalue weighted by Gasteiger charge is -2.13. The smallest absolute Gasteiger partial charge is 0.306 e. The minimum atomic E-state index is 0.191. The first-order valence-corrected chi connectivity index (χ1v) is 3.27. The quantitative estimate of drug-likeness (QED) is 0.437. The lowest BCUT2D eigenvalue weighted by Crippen LogP contribution is -2.49. The Kier molecular flexibility index (Phi) is 2.19. The third-order valence-electron chi connectivity index (χ3n) is 1.56. The van der Waals surface area contributed by atoms with Crippen molar-refractivity contribution in [1.82, 2.24) is 10.2 Å². The zero-order valence-electron chi connectivity index (χ0n) is 5.68. The highest BCUT2D eigenvalue weighted by Crippen LogP contribution is 1.86. The van der Waals surface area contributed by atoms with Crippen LogP contribution in [0.2, 0.25) is 0 Å². The van der Waals surface area contributed by atoms with Gasteiger partial charge < -0.3 is 5.32 Å². The fourth-order valence-corrected chi connectivity index (χ4v) is 0.980. The third-order valence-corrected chi connectivity index (χ3v) is 1.56. The van der Waals surface area contributed by atoms with E-state index >= 15 is 0 Å². The number of piperazine rings is 1. The van der Waals surface area contributed by atoms with Gasteiger partial charge in [-0.25, -0.2) is 4.79 Å². The van der Waals surface area contributed by atoms with Gasteiger partial charge in [0.25, 0.3) is 0 Å². The van der Waals surface area contributed by atoms with Crippen LogP contribution >= 0.6 is 0 Å². The number of nitrogens with zero attached hydrogens (tertiary/aromatic N) is 1. The Bertz CT molecular complexity index is 108. The van der Waals surface area contributed by atoms with Crippen LogP contribution in [-0.2, 0) is 4.79 Å². The molecule has 1 saturated heterocycles. The molecule has 0 bridgehead atoms. The van der Waals surface area contributed by atoms with Crippen molar-refractivity contribution in [3.8, 4) is 0 Å². The van der Waals surface area contributed by atoms with E-state index in [4.69, 9.17) is 0 Å². The van der Waals surface area contributed by atoms with Gasteiger partial charge in [-0.1, -0.05) is 0 Å². The van der Waals surface area contributed by atoms with Crippen molar-refractivity contribution in [3.63, 3.8) is 0 Å². The molecule has 1 aliphatic rings. The van der Waals surface area contributed by atoms with Crippen LogP contribution in [0.3, 0.4) is 0 Å². The van der Waals surface area contributed by atoms with Gasteiger partial charge in [0.1, 0.15) is 13.1 Å². The topological polar surface area (TPSA) is 35.0 Å². The summed E-state index contributed by atoms with van der Waals surface area (Å²) < 4.78 is 0. The minimum Gasteiger partial charge on any atom is -0.306 e. The van der Waals surface area contributed by atoms with Gasteiger partial charge in [-0.15, -0.1) is 4.90 Å². The van der Waals surface area contributed by atoms with E-state index in [0.717, 1.165) is 26.2 Å². The molecule has 0 spiro atoms. The fraction of sp³-hybridized carbons (Fsp3) is 0.833. The van der Waals surface area contributed by atoms with E-state index in [1.165, 1.54) is 0 Å². The summed E-state index contributed by atoms with van der Waals surface area (Å²) >= 11 is 0. The van der Waals surface area contributed by atoms with Crippen molar-refractivity contribution < 1.29 is 4.79 Å². The summed E-state index contributed by atoms with van der Waals surface area (Å²) in [6.07, 6.45) is 0. The Hall–Kier alpha value is -0.410. The number of hydrogen-bond donors (Lipinski definition) is 1. The van der Waals surface area contributed by atoms with E-state index in [-0.39, 0.29) is 5.91 Å². The van der Waals surface area contributed by atoms with Gasteiger partial charge in [-0.2, -0.15) is 0 Å². The Morgan fingerprint density at radius 1 is 1.44 bits per heavy atom. The number of hydrogen-bond acceptors (Lipinski definition) is 2. The van der Waals surface area contributed by atoms with Crippen LogP contribution in [0.5, 0.6) is 0 Å².